The molecule has 1 aromatic carbocycles. The molecule has 6 nitrogen and oxygen atoms in total. The predicted octanol–water partition coefficient (Wildman–Crippen LogP) is 2.90. The van der Waals surface area contributed by atoms with Crippen LogP contribution in [0, 0.1) is 13.8 Å². The zero-order valence-electron chi connectivity index (χ0n) is 12.7. The number of hydrogen-bond acceptors (Lipinski definition) is 3. The highest BCUT2D eigenvalue weighted by molar-refractivity contribution is 6.04. The van der Waals surface area contributed by atoms with Crippen molar-refractivity contribution in [3.8, 4) is 0 Å². The van der Waals surface area contributed by atoms with Crippen LogP contribution in [0.4, 0.5) is 5.69 Å². The Labute approximate surface area is 132 Å². The minimum absolute atomic E-state index is 0.122. The largest absolute Gasteiger partial charge is 0.478 e. The third kappa shape index (κ3) is 2.78. The molecular weight excluding hydrogens is 294 g/mol. The third-order valence-electron chi connectivity index (χ3n) is 3.66. The van der Waals surface area contributed by atoms with Crippen molar-refractivity contribution in [1.82, 2.24) is 9.38 Å². The van der Waals surface area contributed by atoms with Gasteiger partial charge in [0.15, 0.2) is 0 Å². The van der Waals surface area contributed by atoms with Crippen LogP contribution in [0.1, 0.15) is 32.1 Å². The Kier molecular flexibility index (Phi) is 3.57. The Morgan fingerprint density at radius 2 is 1.96 bits per heavy atom. The Balaban J connectivity index is 1.93. The number of imidazole rings is 1. The number of rotatable bonds is 3. The lowest BCUT2D eigenvalue weighted by molar-refractivity contribution is 0.0696. The van der Waals surface area contributed by atoms with Crippen LogP contribution in [0.3, 0.4) is 0 Å². The van der Waals surface area contributed by atoms with E-state index in [0.717, 1.165) is 11.3 Å². The molecule has 0 saturated heterocycles. The van der Waals surface area contributed by atoms with E-state index >= 15 is 0 Å². The van der Waals surface area contributed by atoms with Gasteiger partial charge in [-0.25, -0.2) is 9.78 Å². The summed E-state index contributed by atoms with van der Waals surface area (Å²) in [5.74, 6) is -1.41. The summed E-state index contributed by atoms with van der Waals surface area (Å²) in [6, 6.07) is 10.2. The van der Waals surface area contributed by atoms with Crippen LogP contribution in [0.15, 0.2) is 42.6 Å². The number of aromatic nitrogens is 2. The molecule has 116 valence electrons. The van der Waals surface area contributed by atoms with Crippen LogP contribution in [-0.2, 0) is 0 Å². The second-order valence-electron chi connectivity index (χ2n) is 5.31. The monoisotopic (exact) mass is 309 g/mol. The van der Waals surface area contributed by atoms with Crippen LogP contribution in [-0.4, -0.2) is 26.4 Å². The maximum atomic E-state index is 12.4. The van der Waals surface area contributed by atoms with E-state index in [-0.39, 0.29) is 17.2 Å². The Bertz CT molecular complexity index is 928. The maximum Gasteiger partial charge on any atom is 0.335 e. The number of aryl methyl sites for hydroxylation is 2. The van der Waals surface area contributed by atoms with E-state index in [1.54, 1.807) is 19.2 Å². The van der Waals surface area contributed by atoms with Crippen molar-refractivity contribution in [3.05, 3.63) is 65.1 Å². The lowest BCUT2D eigenvalue weighted by atomic mass is 10.1. The number of nitrogens with zero attached hydrogens (tertiary/aromatic N) is 2. The van der Waals surface area contributed by atoms with Gasteiger partial charge in [-0.15, -0.1) is 0 Å². The molecule has 0 aliphatic heterocycles. The van der Waals surface area contributed by atoms with E-state index in [0.29, 0.717) is 11.3 Å². The second kappa shape index (κ2) is 5.57. The second-order valence-corrected chi connectivity index (χ2v) is 5.31. The molecule has 1 amide bonds. The Morgan fingerprint density at radius 3 is 2.65 bits per heavy atom. The average Bonchev–Trinajstić information content (AvgIpc) is 2.95. The zero-order valence-corrected chi connectivity index (χ0v) is 12.7. The average molecular weight is 309 g/mol. The van der Waals surface area contributed by atoms with Crippen LogP contribution in [0.5, 0.6) is 0 Å². The van der Waals surface area contributed by atoms with Crippen molar-refractivity contribution in [3.63, 3.8) is 0 Å². The van der Waals surface area contributed by atoms with Gasteiger partial charge in [0, 0.05) is 17.6 Å². The van der Waals surface area contributed by atoms with E-state index in [1.807, 2.05) is 29.5 Å². The maximum absolute atomic E-state index is 12.4. The summed E-state index contributed by atoms with van der Waals surface area (Å²) < 4.78 is 1.83. The fourth-order valence-electron chi connectivity index (χ4n) is 2.33. The number of nitrogens with one attached hydrogen (secondary N) is 1. The van der Waals surface area contributed by atoms with Gasteiger partial charge in [-0.3, -0.25) is 4.79 Å². The topological polar surface area (TPSA) is 83.7 Å². The lowest BCUT2D eigenvalue weighted by Gasteiger charge is -2.08. The molecule has 0 fully saturated rings. The fraction of sp³-hybridized carbons (Fsp3) is 0.118. The highest BCUT2D eigenvalue weighted by Crippen LogP contribution is 2.18. The quantitative estimate of drug-likeness (QED) is 0.779. The molecule has 0 saturated carbocycles. The highest BCUT2D eigenvalue weighted by atomic mass is 16.4. The molecule has 0 aliphatic carbocycles. The molecule has 2 aromatic heterocycles. The van der Waals surface area contributed by atoms with E-state index in [4.69, 9.17) is 5.11 Å². The molecular formula is C17H15N3O3. The number of carboxylic acids is 1. The van der Waals surface area contributed by atoms with Gasteiger partial charge in [0.05, 0.1) is 5.56 Å². The first-order valence-electron chi connectivity index (χ1n) is 7.06. The Hall–Kier alpha value is -3.15. The molecule has 0 unspecified atom stereocenters. The van der Waals surface area contributed by atoms with Gasteiger partial charge in [0.1, 0.15) is 11.3 Å². The molecule has 3 aromatic rings. The number of carboxylic acid groups (broad SMARTS) is 1. The smallest absolute Gasteiger partial charge is 0.335 e. The van der Waals surface area contributed by atoms with Gasteiger partial charge in [0.25, 0.3) is 5.91 Å². The summed E-state index contributed by atoms with van der Waals surface area (Å²) in [6.45, 7) is 3.73. The summed E-state index contributed by atoms with van der Waals surface area (Å²) >= 11 is 0. The van der Waals surface area contributed by atoms with Crippen molar-refractivity contribution in [2.75, 3.05) is 5.32 Å². The summed E-state index contributed by atoms with van der Waals surface area (Å²) in [4.78, 5) is 27.7. The van der Waals surface area contributed by atoms with Crippen LogP contribution in [0.25, 0.3) is 5.65 Å². The first kappa shape index (κ1) is 14.8. The van der Waals surface area contributed by atoms with Crippen molar-refractivity contribution in [2.45, 2.75) is 13.8 Å². The van der Waals surface area contributed by atoms with E-state index in [9.17, 15) is 9.59 Å². The summed E-state index contributed by atoms with van der Waals surface area (Å²) in [5.41, 5.74) is 3.30. The van der Waals surface area contributed by atoms with Gasteiger partial charge in [0.2, 0.25) is 0 Å². The molecule has 23 heavy (non-hydrogen) atoms. The number of hydrogen-bond donors (Lipinski definition) is 2. The number of carbonyl (C=O) groups is 2. The van der Waals surface area contributed by atoms with Gasteiger partial charge < -0.3 is 14.8 Å². The number of carbonyl (C=O) groups excluding carboxylic acids is 1. The zero-order chi connectivity index (χ0) is 16.6. The minimum Gasteiger partial charge on any atom is -0.478 e. The van der Waals surface area contributed by atoms with Crippen LogP contribution in [0.2, 0.25) is 0 Å². The van der Waals surface area contributed by atoms with Crippen LogP contribution < -0.4 is 5.32 Å². The van der Waals surface area contributed by atoms with Gasteiger partial charge in [-0.1, -0.05) is 12.1 Å². The minimum atomic E-state index is -1.04. The van der Waals surface area contributed by atoms with Crippen molar-refractivity contribution >= 4 is 23.2 Å². The van der Waals surface area contributed by atoms with Crippen molar-refractivity contribution < 1.29 is 14.7 Å². The Morgan fingerprint density at radius 1 is 1.17 bits per heavy atom. The van der Waals surface area contributed by atoms with Crippen molar-refractivity contribution in [2.24, 2.45) is 0 Å². The van der Waals surface area contributed by atoms with E-state index in [1.165, 1.54) is 12.1 Å². The number of fused-ring (bicyclic) bond motifs is 1. The molecule has 2 heterocycles. The van der Waals surface area contributed by atoms with Gasteiger partial charge in [-0.2, -0.15) is 0 Å². The summed E-state index contributed by atoms with van der Waals surface area (Å²) in [6.07, 6.45) is 1.66. The summed E-state index contributed by atoms with van der Waals surface area (Å²) in [7, 11) is 0. The fourth-order valence-corrected chi connectivity index (χ4v) is 2.33. The number of benzene rings is 1. The third-order valence-corrected chi connectivity index (χ3v) is 3.66. The molecule has 0 atom stereocenters. The first-order valence-corrected chi connectivity index (χ1v) is 7.06. The number of pyridine rings is 1. The van der Waals surface area contributed by atoms with E-state index < -0.39 is 5.97 Å². The van der Waals surface area contributed by atoms with E-state index in [2.05, 4.69) is 10.3 Å². The highest BCUT2D eigenvalue weighted by Gasteiger charge is 2.14. The molecule has 2 N–H and O–H groups in total. The number of aromatic carboxylic acids is 1. The number of anilines is 1. The van der Waals surface area contributed by atoms with Gasteiger partial charge >= 0.3 is 5.97 Å². The SMILES string of the molecule is Cc1ccc(C(=O)O)cc1NC(=O)c1cn2c(C)cccc2n1. The molecule has 0 radical (unpaired) electrons. The lowest BCUT2D eigenvalue weighted by Crippen LogP contribution is -2.14. The number of amides is 1. The predicted molar refractivity (Wildman–Crippen MR) is 86.0 cm³/mol. The summed E-state index contributed by atoms with van der Waals surface area (Å²) in [5, 5.41) is 11.8. The standard InChI is InChI=1S/C17H15N3O3/c1-10-6-7-12(17(22)23)8-13(10)19-16(21)14-9-20-11(2)4-3-5-15(20)18-14/h3-9H,1-2H3,(H,19,21)(H,22,23). The molecule has 0 spiro atoms. The molecule has 6 heteroatoms. The first-order chi connectivity index (χ1) is 11.0. The van der Waals surface area contributed by atoms with Crippen molar-refractivity contribution in [1.29, 1.82) is 0 Å². The normalized spacial score (nSPS) is 10.7. The van der Waals surface area contributed by atoms with Gasteiger partial charge in [-0.05, 0) is 43.7 Å². The molecule has 0 aliphatic rings. The van der Waals surface area contributed by atoms with Crippen LogP contribution >= 0.6 is 0 Å². The molecule has 0 bridgehead atoms. The molecule has 3 rings (SSSR count).